The molecule has 2 aromatic heterocycles. The first-order chi connectivity index (χ1) is 10.1. The van der Waals surface area contributed by atoms with Gasteiger partial charge in [-0.2, -0.15) is 5.10 Å². The van der Waals surface area contributed by atoms with Gasteiger partial charge in [-0.25, -0.2) is 9.99 Å². The Bertz CT molecular complexity index is 735. The van der Waals surface area contributed by atoms with Gasteiger partial charge in [-0.05, 0) is 13.0 Å². The van der Waals surface area contributed by atoms with Gasteiger partial charge in [0.05, 0.1) is 11.8 Å². The van der Waals surface area contributed by atoms with Crippen LogP contribution < -0.4 is 0 Å². The van der Waals surface area contributed by atoms with Crippen molar-refractivity contribution in [3.63, 3.8) is 0 Å². The predicted octanol–water partition coefficient (Wildman–Crippen LogP) is 2.44. The third-order valence-corrected chi connectivity index (χ3v) is 3.92. The van der Waals surface area contributed by atoms with Crippen LogP contribution in [0.15, 0.2) is 40.8 Å². The topological polar surface area (TPSA) is 85.5 Å². The number of amidine groups is 1. The fourth-order valence-corrected chi connectivity index (χ4v) is 2.81. The predicted molar refractivity (Wildman–Crippen MR) is 82.7 cm³/mol. The fraction of sp³-hybridized carbons (Fsp3) is 0.143. The average molecular weight is 299 g/mol. The lowest BCUT2D eigenvalue weighted by Gasteiger charge is -2.10. The van der Waals surface area contributed by atoms with E-state index in [4.69, 9.17) is 5.41 Å². The minimum absolute atomic E-state index is 0.123. The van der Waals surface area contributed by atoms with Gasteiger partial charge in [0, 0.05) is 29.0 Å². The van der Waals surface area contributed by atoms with Crippen LogP contribution in [0.4, 0.5) is 0 Å². The Hall–Kier alpha value is -2.54. The first kappa shape index (κ1) is 13.4. The summed E-state index contributed by atoms with van der Waals surface area (Å²) in [6.45, 7) is 2.07. The molecule has 0 radical (unpaired) electrons. The zero-order valence-electron chi connectivity index (χ0n) is 11.3. The summed E-state index contributed by atoms with van der Waals surface area (Å²) in [6.07, 6.45) is 4.98. The molecule has 1 aliphatic rings. The van der Waals surface area contributed by atoms with Gasteiger partial charge < -0.3 is 5.11 Å². The van der Waals surface area contributed by atoms with Crippen LogP contribution in [0.1, 0.15) is 16.3 Å². The Morgan fingerprint density at radius 2 is 2.38 bits per heavy atom. The van der Waals surface area contributed by atoms with Gasteiger partial charge in [-0.3, -0.25) is 10.4 Å². The minimum atomic E-state index is 0.123. The Morgan fingerprint density at radius 1 is 1.52 bits per heavy atom. The molecule has 106 valence electrons. The van der Waals surface area contributed by atoms with Crippen molar-refractivity contribution < 1.29 is 5.11 Å². The van der Waals surface area contributed by atoms with Gasteiger partial charge >= 0.3 is 0 Å². The van der Waals surface area contributed by atoms with Crippen LogP contribution >= 0.6 is 11.3 Å². The molecule has 0 aliphatic carbocycles. The highest BCUT2D eigenvalue weighted by Gasteiger charge is 2.29. The van der Waals surface area contributed by atoms with Crippen molar-refractivity contribution in [2.45, 2.75) is 6.92 Å². The minimum Gasteiger partial charge on any atom is -0.509 e. The molecule has 3 heterocycles. The quantitative estimate of drug-likeness (QED) is 0.852. The van der Waals surface area contributed by atoms with Crippen LogP contribution in [0.3, 0.4) is 0 Å². The summed E-state index contributed by atoms with van der Waals surface area (Å²) in [5.74, 6) is 0.277. The molecule has 0 fully saturated rings. The smallest absolute Gasteiger partial charge is 0.155 e. The molecule has 7 heteroatoms. The molecular formula is C14H13N5OS. The van der Waals surface area contributed by atoms with Crippen molar-refractivity contribution in [3.8, 4) is 0 Å². The van der Waals surface area contributed by atoms with Crippen molar-refractivity contribution in [3.05, 3.63) is 51.9 Å². The van der Waals surface area contributed by atoms with Crippen LogP contribution in [-0.4, -0.2) is 38.7 Å². The van der Waals surface area contributed by atoms with Crippen LogP contribution in [0.2, 0.25) is 0 Å². The molecule has 2 N–H and O–H groups in total. The highest BCUT2D eigenvalue weighted by Crippen LogP contribution is 2.29. The second-order valence-electron chi connectivity index (χ2n) is 4.55. The van der Waals surface area contributed by atoms with Crippen molar-refractivity contribution >= 4 is 29.0 Å². The molecule has 21 heavy (non-hydrogen) atoms. The van der Waals surface area contributed by atoms with Crippen LogP contribution in [0, 0.1) is 12.3 Å². The Labute approximate surface area is 125 Å². The Kier molecular flexibility index (Phi) is 3.49. The second-order valence-corrected chi connectivity index (χ2v) is 5.41. The third kappa shape index (κ3) is 2.68. The molecule has 2 aromatic rings. The molecule has 0 unspecified atom stereocenters. The number of aryl methyl sites for hydroxylation is 1. The lowest BCUT2D eigenvalue weighted by atomic mass is 10.2. The molecular weight excluding hydrogens is 286 g/mol. The molecule has 0 atom stereocenters. The monoisotopic (exact) mass is 299 g/mol. The lowest BCUT2D eigenvalue weighted by Crippen LogP contribution is -2.20. The third-order valence-electron chi connectivity index (χ3n) is 2.95. The fourth-order valence-electron chi connectivity index (χ4n) is 1.95. The maximum Gasteiger partial charge on any atom is 0.155 e. The van der Waals surface area contributed by atoms with Crippen LogP contribution in [0.5, 0.6) is 0 Å². The Balaban J connectivity index is 1.80. The first-order valence-corrected chi connectivity index (χ1v) is 7.18. The number of nitrogens with one attached hydrogen (secondary N) is 1. The van der Waals surface area contributed by atoms with Crippen molar-refractivity contribution in [1.82, 2.24) is 15.0 Å². The number of aromatic nitrogens is 2. The van der Waals surface area contributed by atoms with Crippen molar-refractivity contribution in [2.24, 2.45) is 5.10 Å². The van der Waals surface area contributed by atoms with E-state index >= 15 is 0 Å². The number of rotatable bonds is 3. The summed E-state index contributed by atoms with van der Waals surface area (Å²) in [6, 6.07) is 3.69. The lowest BCUT2D eigenvalue weighted by molar-refractivity contribution is 0.358. The number of pyridine rings is 1. The number of nitrogens with zero attached hydrogens (tertiary/aromatic N) is 4. The normalized spacial score (nSPS) is 15.5. The van der Waals surface area contributed by atoms with E-state index in [1.807, 2.05) is 24.4 Å². The maximum atomic E-state index is 10.1. The number of aliphatic hydroxyl groups excluding tert-OH is 1. The van der Waals surface area contributed by atoms with E-state index < -0.39 is 0 Å². The van der Waals surface area contributed by atoms with E-state index in [2.05, 4.69) is 15.1 Å². The highest BCUT2D eigenvalue weighted by atomic mass is 32.1. The number of thiazole rings is 1. The van der Waals surface area contributed by atoms with Crippen LogP contribution in [-0.2, 0) is 0 Å². The number of hydrogen-bond acceptors (Lipinski definition) is 6. The zero-order valence-corrected chi connectivity index (χ0v) is 12.1. The molecule has 0 bridgehead atoms. The molecule has 0 amide bonds. The second kappa shape index (κ2) is 5.45. The van der Waals surface area contributed by atoms with E-state index in [-0.39, 0.29) is 18.1 Å². The number of hydrazone groups is 1. The van der Waals surface area contributed by atoms with Crippen molar-refractivity contribution in [1.29, 1.82) is 5.41 Å². The van der Waals surface area contributed by atoms with Gasteiger partial charge in [-0.15, -0.1) is 11.3 Å². The maximum absolute atomic E-state index is 10.1. The van der Waals surface area contributed by atoms with E-state index in [0.717, 1.165) is 11.3 Å². The molecule has 0 saturated heterocycles. The van der Waals surface area contributed by atoms with E-state index in [0.29, 0.717) is 10.6 Å². The summed E-state index contributed by atoms with van der Waals surface area (Å²) in [5.41, 5.74) is 2.17. The molecule has 0 spiro atoms. The molecule has 3 rings (SSSR count). The summed E-state index contributed by atoms with van der Waals surface area (Å²) in [7, 11) is 0. The summed E-state index contributed by atoms with van der Waals surface area (Å²) in [5, 5.41) is 26.4. The number of hydrogen-bond donors (Lipinski definition) is 2. The van der Waals surface area contributed by atoms with Gasteiger partial charge in [0.1, 0.15) is 17.3 Å². The number of aliphatic hydroxyl groups is 1. The summed E-state index contributed by atoms with van der Waals surface area (Å²) in [4.78, 5) is 8.32. The van der Waals surface area contributed by atoms with E-state index in [1.165, 1.54) is 16.3 Å². The molecule has 6 nitrogen and oxygen atoms in total. The van der Waals surface area contributed by atoms with E-state index in [9.17, 15) is 5.11 Å². The van der Waals surface area contributed by atoms with E-state index in [1.54, 1.807) is 18.6 Å². The average Bonchev–Trinajstić information content (AvgIpc) is 3.01. The summed E-state index contributed by atoms with van der Waals surface area (Å²) < 4.78 is 0. The largest absolute Gasteiger partial charge is 0.509 e. The van der Waals surface area contributed by atoms with Gasteiger partial charge in [0.15, 0.2) is 5.84 Å². The van der Waals surface area contributed by atoms with Crippen molar-refractivity contribution in [2.75, 3.05) is 6.54 Å². The van der Waals surface area contributed by atoms with Gasteiger partial charge in [0.25, 0.3) is 0 Å². The Morgan fingerprint density at radius 3 is 3.05 bits per heavy atom. The zero-order chi connectivity index (χ0) is 14.8. The molecule has 0 aromatic carbocycles. The SMILES string of the molecule is Cc1csc(C2=C(O)CN(/N=C\c3cccnc3)C2=N)n1. The molecule has 0 saturated carbocycles. The van der Waals surface area contributed by atoms with Gasteiger partial charge in [0.2, 0.25) is 0 Å². The highest BCUT2D eigenvalue weighted by molar-refractivity contribution is 7.11. The van der Waals surface area contributed by atoms with Gasteiger partial charge in [-0.1, -0.05) is 6.07 Å². The van der Waals surface area contributed by atoms with Crippen LogP contribution in [0.25, 0.3) is 5.57 Å². The molecule has 1 aliphatic heterocycles. The standard InChI is InChI=1S/C14H13N5OS/c1-9-8-21-14(18-9)12-11(20)7-19(13(12)15)17-6-10-3-2-4-16-5-10/h2-6,8,15,20H,7H2,1H3/b15-13?,17-6-. The summed E-state index contributed by atoms with van der Waals surface area (Å²) >= 11 is 1.41. The first-order valence-electron chi connectivity index (χ1n) is 6.30.